The molecule has 4 aromatic rings. The molecule has 1 amide bonds. The van der Waals surface area contributed by atoms with Crippen LogP contribution >= 0.6 is 0 Å². The number of H-pyrrole nitrogens is 1. The van der Waals surface area contributed by atoms with E-state index in [-0.39, 0.29) is 11.2 Å². The van der Waals surface area contributed by atoms with Crippen LogP contribution < -0.4 is 20.3 Å². The number of amides is 1. The van der Waals surface area contributed by atoms with Gasteiger partial charge in [0.25, 0.3) is 0 Å². The van der Waals surface area contributed by atoms with Gasteiger partial charge in [-0.2, -0.15) is 0 Å². The number of nitrogens with zero attached hydrogens (tertiary/aromatic N) is 4. The van der Waals surface area contributed by atoms with Crippen molar-refractivity contribution in [3.8, 4) is 17.0 Å². The Hall–Kier alpha value is -4.24. The zero-order chi connectivity index (χ0) is 27.4. The van der Waals surface area contributed by atoms with Crippen LogP contribution in [-0.4, -0.2) is 81.6 Å². The van der Waals surface area contributed by atoms with E-state index in [0.717, 1.165) is 27.8 Å². The number of methoxy groups -OCH3 is 1. The maximum atomic E-state index is 12.3. The van der Waals surface area contributed by atoms with Gasteiger partial charge in [-0.05, 0) is 43.7 Å². The molecule has 11 heteroatoms. The second-order valence-corrected chi connectivity index (χ2v) is 9.96. The summed E-state index contributed by atoms with van der Waals surface area (Å²) in [5.74, 6) is 0.689. The highest BCUT2D eigenvalue weighted by Crippen LogP contribution is 2.38. The Morgan fingerprint density at radius 3 is 2.66 bits per heavy atom. The lowest BCUT2D eigenvalue weighted by molar-refractivity contribution is -0.111. The molecule has 0 fully saturated rings. The molecule has 194 valence electrons. The molecule has 38 heavy (non-hydrogen) atoms. The number of anilines is 4. The van der Waals surface area contributed by atoms with Gasteiger partial charge in [-0.15, -0.1) is 0 Å². The molecule has 0 aliphatic heterocycles. The summed E-state index contributed by atoms with van der Waals surface area (Å²) in [4.78, 5) is 29.0. The molecule has 0 aliphatic carbocycles. The molecule has 0 aliphatic rings. The second kappa shape index (κ2) is 11.0. The molecule has 9 nitrogen and oxygen atoms in total. The summed E-state index contributed by atoms with van der Waals surface area (Å²) in [6.45, 7) is 4.31. The van der Waals surface area contributed by atoms with Crippen LogP contribution in [0.5, 0.6) is 5.75 Å². The summed E-state index contributed by atoms with van der Waals surface area (Å²) in [7, 11) is 12.0. The molecule has 0 saturated heterocycles. The number of nitrogens with one attached hydrogen (secondary N) is 3. The van der Waals surface area contributed by atoms with Gasteiger partial charge in [0.05, 0.1) is 29.9 Å². The van der Waals surface area contributed by atoms with E-state index >= 15 is 0 Å². The van der Waals surface area contributed by atoms with Crippen molar-refractivity contribution < 1.29 is 9.53 Å². The summed E-state index contributed by atoms with van der Waals surface area (Å²) in [6, 6.07) is 13.7. The minimum absolute atomic E-state index is 0.116. The van der Waals surface area contributed by atoms with Crippen molar-refractivity contribution in [2.45, 2.75) is 5.34 Å². The minimum atomic E-state index is -0.305. The van der Waals surface area contributed by atoms with Gasteiger partial charge in [0.2, 0.25) is 11.9 Å². The van der Waals surface area contributed by atoms with E-state index in [4.69, 9.17) is 9.72 Å². The Labute approximate surface area is 225 Å². The van der Waals surface area contributed by atoms with Crippen LogP contribution in [0.2, 0.25) is 0 Å². The Bertz CT molecular complexity index is 1470. The van der Waals surface area contributed by atoms with Crippen molar-refractivity contribution >= 4 is 55.5 Å². The quantitative estimate of drug-likeness (QED) is 0.223. The first-order valence-electron chi connectivity index (χ1n) is 12.3. The third-order valence-electron chi connectivity index (χ3n) is 6.77. The number of aromatic nitrogens is 3. The average Bonchev–Trinajstić information content (AvgIpc) is 3.33. The molecule has 2 aromatic carbocycles. The van der Waals surface area contributed by atoms with E-state index in [2.05, 4.69) is 58.7 Å². The Morgan fingerprint density at radius 1 is 1.18 bits per heavy atom. The number of benzene rings is 2. The van der Waals surface area contributed by atoms with E-state index in [9.17, 15) is 4.79 Å². The Morgan fingerprint density at radius 2 is 1.95 bits per heavy atom. The number of hydrogen-bond donors (Lipinski definition) is 3. The maximum Gasteiger partial charge on any atom is 0.247 e. The number of para-hydroxylation sites is 1. The number of likely N-dealkylation sites (N-methyl/N-ethyl adjacent to an activating group) is 2. The van der Waals surface area contributed by atoms with E-state index in [1.807, 2.05) is 63.7 Å². The summed E-state index contributed by atoms with van der Waals surface area (Å²) in [5, 5.41) is 7.18. The molecule has 0 spiro atoms. The standard InChI is InChI=1S/C27H33B2N7O2/c1-6-25(37)32-21-13-22(24(38-5)14-23(21)36(4)16-27(28,29)35(2)3)34-26-30-12-11-20(33-26)18-15-31-19-10-8-7-9-17(18)19/h6-15,31H,1,16,28-29H2,2-5H3,(H,32,37)(H,30,33,34). The topological polar surface area (TPSA) is 98.4 Å². The van der Waals surface area contributed by atoms with Crippen LogP contribution in [0.25, 0.3) is 22.2 Å². The molecule has 0 unspecified atom stereocenters. The number of fused-ring (bicyclic) bond motifs is 1. The molecular weight excluding hydrogens is 476 g/mol. The molecule has 0 saturated carbocycles. The molecule has 4 rings (SSSR count). The van der Waals surface area contributed by atoms with E-state index in [1.165, 1.54) is 6.08 Å². The monoisotopic (exact) mass is 509 g/mol. The van der Waals surface area contributed by atoms with Crippen molar-refractivity contribution in [2.75, 3.05) is 50.3 Å². The minimum Gasteiger partial charge on any atom is -0.494 e. The van der Waals surface area contributed by atoms with Crippen molar-refractivity contribution in [2.24, 2.45) is 0 Å². The number of aromatic amines is 1. The maximum absolute atomic E-state index is 12.3. The van der Waals surface area contributed by atoms with Gasteiger partial charge < -0.3 is 30.2 Å². The molecular formula is C27H33B2N7O2. The van der Waals surface area contributed by atoms with Crippen molar-refractivity contribution in [3.63, 3.8) is 0 Å². The lowest BCUT2D eigenvalue weighted by Crippen LogP contribution is -2.53. The van der Waals surface area contributed by atoms with Crippen LogP contribution in [0, 0.1) is 0 Å². The van der Waals surface area contributed by atoms with E-state index in [0.29, 0.717) is 29.6 Å². The van der Waals surface area contributed by atoms with Gasteiger partial charge >= 0.3 is 0 Å². The molecule has 2 heterocycles. The first kappa shape index (κ1) is 26.8. The second-order valence-electron chi connectivity index (χ2n) is 9.96. The average molecular weight is 509 g/mol. The van der Waals surface area contributed by atoms with Crippen LogP contribution in [0.4, 0.5) is 23.0 Å². The van der Waals surface area contributed by atoms with Crippen LogP contribution in [-0.2, 0) is 4.79 Å². The van der Waals surface area contributed by atoms with Gasteiger partial charge in [0, 0.05) is 48.5 Å². The Kier molecular flexibility index (Phi) is 7.78. The molecule has 2 aromatic heterocycles. The highest BCUT2D eigenvalue weighted by molar-refractivity contribution is 6.40. The van der Waals surface area contributed by atoms with Gasteiger partial charge in [-0.25, -0.2) is 9.97 Å². The molecule has 0 bridgehead atoms. The van der Waals surface area contributed by atoms with Gasteiger partial charge in [0.1, 0.15) is 21.4 Å². The van der Waals surface area contributed by atoms with Crippen molar-refractivity contribution in [1.29, 1.82) is 0 Å². The first-order chi connectivity index (χ1) is 18.1. The number of carbonyl (C=O) groups excluding carboxylic acids is 1. The number of carbonyl (C=O) groups is 1. The zero-order valence-electron chi connectivity index (χ0n) is 22.8. The number of ether oxygens (including phenoxy) is 1. The lowest BCUT2D eigenvalue weighted by Gasteiger charge is -2.38. The summed E-state index contributed by atoms with van der Waals surface area (Å²) >= 11 is 0. The molecule has 0 atom stereocenters. The van der Waals surface area contributed by atoms with Crippen LogP contribution in [0.15, 0.2) is 67.5 Å². The van der Waals surface area contributed by atoms with E-state index in [1.54, 1.807) is 13.3 Å². The zero-order valence-corrected chi connectivity index (χ0v) is 22.8. The largest absolute Gasteiger partial charge is 0.494 e. The van der Waals surface area contributed by atoms with Crippen LogP contribution in [0.1, 0.15) is 0 Å². The Balaban J connectivity index is 1.71. The number of hydrogen-bond acceptors (Lipinski definition) is 7. The summed E-state index contributed by atoms with van der Waals surface area (Å²) in [5.41, 5.74) is 4.84. The molecule has 3 N–H and O–H groups in total. The summed E-state index contributed by atoms with van der Waals surface area (Å²) < 4.78 is 5.74. The molecule has 0 radical (unpaired) electrons. The predicted octanol–water partition coefficient (Wildman–Crippen LogP) is 2.42. The smallest absolute Gasteiger partial charge is 0.247 e. The third-order valence-corrected chi connectivity index (χ3v) is 6.77. The predicted molar refractivity (Wildman–Crippen MR) is 161 cm³/mol. The van der Waals surface area contributed by atoms with Gasteiger partial charge in [0.15, 0.2) is 0 Å². The normalized spacial score (nSPS) is 11.4. The van der Waals surface area contributed by atoms with Gasteiger partial charge in [-0.3, -0.25) is 4.79 Å². The summed E-state index contributed by atoms with van der Waals surface area (Å²) in [6.07, 6.45) is 4.91. The third kappa shape index (κ3) is 5.68. The lowest BCUT2D eigenvalue weighted by atomic mass is 9.60. The van der Waals surface area contributed by atoms with Crippen molar-refractivity contribution in [1.82, 2.24) is 19.9 Å². The fraction of sp³-hybridized carbons (Fsp3) is 0.222. The van der Waals surface area contributed by atoms with Gasteiger partial charge in [-0.1, -0.05) is 24.8 Å². The van der Waals surface area contributed by atoms with Crippen molar-refractivity contribution in [3.05, 3.63) is 67.5 Å². The fourth-order valence-corrected chi connectivity index (χ4v) is 4.22. The highest BCUT2D eigenvalue weighted by atomic mass is 16.5. The SMILES string of the molecule is BC(B)(CN(C)c1cc(OC)c(Nc2nccc(-c3c[nH]c4ccccc34)n2)cc1NC(=O)C=C)N(C)C. The fourth-order valence-electron chi connectivity index (χ4n) is 4.22. The highest BCUT2D eigenvalue weighted by Gasteiger charge is 2.25. The van der Waals surface area contributed by atoms with Crippen LogP contribution in [0.3, 0.4) is 0 Å². The van der Waals surface area contributed by atoms with E-state index < -0.39 is 0 Å². The first-order valence-corrected chi connectivity index (χ1v) is 12.3. The number of rotatable bonds is 10.